The van der Waals surface area contributed by atoms with E-state index in [9.17, 15) is 14.4 Å². The molecule has 250 valence electrons. The molecule has 0 aliphatic heterocycles. The first-order valence-electron chi connectivity index (χ1n) is 15.5. The predicted octanol–water partition coefficient (Wildman–Crippen LogP) is 7.04. The van der Waals surface area contributed by atoms with E-state index >= 15 is 0 Å². The Bertz CT molecular complexity index is 1410. The van der Waals surface area contributed by atoms with E-state index in [1.54, 1.807) is 42.9 Å². The molecule has 46 heavy (non-hydrogen) atoms. The number of phenolic OH excluding ortho intramolecular Hbond substituents is 2. The Morgan fingerprint density at radius 1 is 0.935 bits per heavy atom. The number of hydrogen-bond donors (Lipinski definition) is 3. The Morgan fingerprint density at radius 3 is 2.00 bits per heavy atom. The zero-order chi connectivity index (χ0) is 34.5. The number of carbonyl (C=O) groups is 1. The minimum atomic E-state index is -1.05. The smallest absolute Gasteiger partial charge is 0.204 e. The molecule has 0 fully saturated rings. The summed E-state index contributed by atoms with van der Waals surface area (Å²) in [5.74, 6) is -0.252. The molecular weight excluding hydrogens is 596 g/mol. The van der Waals surface area contributed by atoms with Crippen LogP contribution in [0.2, 0.25) is 0 Å². The molecule has 4 N–H and O–H groups in total. The van der Waals surface area contributed by atoms with Crippen LogP contribution in [0.5, 0.6) is 11.5 Å². The number of phenols is 2. The summed E-state index contributed by atoms with van der Waals surface area (Å²) in [5, 5.41) is 20.5. The van der Waals surface area contributed by atoms with Crippen LogP contribution in [-0.2, 0) is 33.9 Å². The molecule has 0 radical (unpaired) electrons. The molecule has 1 amide bonds. The summed E-state index contributed by atoms with van der Waals surface area (Å²) in [6.45, 7) is 17.3. The molecule has 3 rings (SSSR count). The van der Waals surface area contributed by atoms with Crippen LogP contribution >= 0.6 is 0 Å². The van der Waals surface area contributed by atoms with Crippen LogP contribution in [0.15, 0.2) is 87.8 Å². The molecule has 0 spiro atoms. The highest BCUT2D eigenvalue weighted by atomic mass is 32.2. The number of allylic oxidation sites excluding steroid dienone is 1. The summed E-state index contributed by atoms with van der Waals surface area (Å²) in [7, 11) is -1.05. The summed E-state index contributed by atoms with van der Waals surface area (Å²) in [5.41, 5.74) is 9.17. The quantitative estimate of drug-likeness (QED) is 0.104. The number of nitrogens with two attached hydrogens (primary N) is 1. The third-order valence-electron chi connectivity index (χ3n) is 6.91. The van der Waals surface area contributed by atoms with Gasteiger partial charge in [-0.25, -0.2) is 0 Å². The van der Waals surface area contributed by atoms with Gasteiger partial charge in [0.2, 0.25) is 6.41 Å². The maximum Gasteiger partial charge on any atom is 0.204 e. The van der Waals surface area contributed by atoms with Gasteiger partial charge in [0.05, 0.1) is 6.67 Å². The Kier molecular flexibility index (Phi) is 18.8. The van der Waals surface area contributed by atoms with Crippen molar-refractivity contribution in [2.45, 2.75) is 70.6 Å². The summed E-state index contributed by atoms with van der Waals surface area (Å²) < 4.78 is 11.6. The molecular formula is C37H52N4O4S. The molecule has 3 aromatic rings. The number of nitrogens with zero attached hydrogens (tertiary/aromatic N) is 3. The van der Waals surface area contributed by atoms with Crippen molar-refractivity contribution in [3.63, 3.8) is 0 Å². The van der Waals surface area contributed by atoms with Gasteiger partial charge in [-0.2, -0.15) is 0 Å². The lowest BCUT2D eigenvalue weighted by Crippen LogP contribution is -2.25. The highest BCUT2D eigenvalue weighted by Gasteiger charge is 2.14. The van der Waals surface area contributed by atoms with Crippen LogP contribution in [0.1, 0.15) is 64.2 Å². The Hall–Kier alpha value is -4.08. The summed E-state index contributed by atoms with van der Waals surface area (Å²) in [4.78, 5) is 19.5. The minimum absolute atomic E-state index is 0.122. The van der Waals surface area contributed by atoms with Gasteiger partial charge in [0.1, 0.15) is 0 Å². The lowest BCUT2D eigenvalue weighted by atomic mass is 9.86. The molecule has 0 bridgehead atoms. The second kappa shape index (κ2) is 21.6. The van der Waals surface area contributed by atoms with E-state index in [1.807, 2.05) is 18.2 Å². The van der Waals surface area contributed by atoms with E-state index in [-0.39, 0.29) is 23.3 Å². The van der Waals surface area contributed by atoms with E-state index in [2.05, 4.69) is 86.2 Å². The van der Waals surface area contributed by atoms with E-state index in [4.69, 9.17) is 4.79 Å². The molecule has 0 aliphatic carbocycles. The number of rotatable bonds is 13. The number of benzene rings is 3. The standard InChI is InChI=1S/C25H28O3S.C11H21N3.CH3NO/c1-25(2,3)20-11-7-17(8-12-20)5-6-18-15-22(24(27)23(26)16-18)19-9-13-21(14-10-19)29(4)28;1-4-9-14(10-5-2)11-13-8-6-7-12-3;2-1-3/h7-16,26-27H,5-6H2,1-4H3;6-8H,3-5,9-11H2,1-2H3;1H,(H2,2,3)/b;7-6-,13-8-;. The number of carbonyl (C=O) groups excluding carboxylic acids is 1. The lowest BCUT2D eigenvalue weighted by Gasteiger charge is -2.19. The van der Waals surface area contributed by atoms with Crippen LogP contribution in [-0.4, -0.2) is 64.7 Å². The highest BCUT2D eigenvalue weighted by molar-refractivity contribution is 7.84. The van der Waals surface area contributed by atoms with E-state index in [0.29, 0.717) is 5.56 Å². The van der Waals surface area contributed by atoms with Crippen molar-refractivity contribution in [2.24, 2.45) is 15.7 Å². The van der Waals surface area contributed by atoms with Crippen molar-refractivity contribution in [3.8, 4) is 22.6 Å². The average molecular weight is 649 g/mol. The highest BCUT2D eigenvalue weighted by Crippen LogP contribution is 2.38. The SMILES string of the molecule is C=N/C=C\C=N/CN(CCC)CCC.CS(=O)c1ccc(-c2cc(CCc3ccc(C(C)(C)C)cc3)cc(O)c2O)cc1.NC=O. The zero-order valence-electron chi connectivity index (χ0n) is 28.3. The molecule has 0 aliphatic rings. The molecule has 9 heteroatoms. The normalized spacial score (nSPS) is 11.9. The van der Waals surface area contributed by atoms with E-state index < -0.39 is 10.8 Å². The summed E-state index contributed by atoms with van der Waals surface area (Å²) in [6, 6.07) is 19.4. The first-order chi connectivity index (χ1) is 21.9. The van der Waals surface area contributed by atoms with Gasteiger partial charge in [0.25, 0.3) is 0 Å². The monoisotopic (exact) mass is 648 g/mol. The van der Waals surface area contributed by atoms with Gasteiger partial charge in [-0.3, -0.25) is 23.9 Å². The van der Waals surface area contributed by atoms with Crippen molar-refractivity contribution in [2.75, 3.05) is 26.0 Å². The van der Waals surface area contributed by atoms with Crippen LogP contribution < -0.4 is 5.73 Å². The Labute approximate surface area is 278 Å². The van der Waals surface area contributed by atoms with Crippen LogP contribution in [0.3, 0.4) is 0 Å². The second-order valence-corrected chi connectivity index (χ2v) is 13.1. The third kappa shape index (κ3) is 14.8. The average Bonchev–Trinajstić information content (AvgIpc) is 3.02. The van der Waals surface area contributed by atoms with Crippen molar-refractivity contribution < 1.29 is 19.2 Å². The molecule has 3 aromatic carbocycles. The third-order valence-corrected chi connectivity index (χ3v) is 7.85. The number of aliphatic imine (C=N–C) groups is 2. The van der Waals surface area contributed by atoms with Crippen molar-refractivity contribution >= 4 is 30.1 Å². The van der Waals surface area contributed by atoms with Crippen molar-refractivity contribution in [1.29, 1.82) is 0 Å². The van der Waals surface area contributed by atoms with E-state index in [0.717, 1.165) is 48.6 Å². The van der Waals surface area contributed by atoms with Crippen LogP contribution in [0.4, 0.5) is 0 Å². The number of primary amides is 1. The summed E-state index contributed by atoms with van der Waals surface area (Å²) in [6.07, 6.45) is 11.0. The zero-order valence-corrected chi connectivity index (χ0v) is 29.1. The fourth-order valence-corrected chi connectivity index (χ4v) is 5.06. The fourth-order valence-electron chi connectivity index (χ4n) is 4.54. The number of aryl methyl sites for hydroxylation is 2. The molecule has 0 heterocycles. The first kappa shape index (κ1) is 39.9. The second-order valence-electron chi connectivity index (χ2n) is 11.7. The number of amides is 1. The maximum absolute atomic E-state index is 11.6. The Balaban J connectivity index is 0.000000524. The molecule has 8 nitrogen and oxygen atoms in total. The van der Waals surface area contributed by atoms with Crippen molar-refractivity contribution in [3.05, 3.63) is 89.6 Å². The van der Waals surface area contributed by atoms with Gasteiger partial charge in [-0.1, -0.05) is 71.0 Å². The first-order valence-corrected chi connectivity index (χ1v) is 17.0. The number of aromatic hydroxyl groups is 2. The topological polar surface area (TPSA) is 129 Å². The van der Waals surface area contributed by atoms with Gasteiger partial charge in [-0.05, 0) is 104 Å². The molecule has 0 saturated carbocycles. The van der Waals surface area contributed by atoms with Crippen LogP contribution in [0.25, 0.3) is 11.1 Å². The van der Waals surface area contributed by atoms with E-state index in [1.165, 1.54) is 24.0 Å². The largest absolute Gasteiger partial charge is 0.504 e. The molecule has 0 aromatic heterocycles. The minimum Gasteiger partial charge on any atom is -0.504 e. The predicted molar refractivity (Wildman–Crippen MR) is 195 cm³/mol. The van der Waals surface area contributed by atoms with Crippen molar-refractivity contribution in [1.82, 2.24) is 4.90 Å². The van der Waals surface area contributed by atoms with Gasteiger partial charge < -0.3 is 15.9 Å². The molecule has 1 atom stereocenters. The van der Waals surface area contributed by atoms with Gasteiger partial charge in [0.15, 0.2) is 11.5 Å². The fraction of sp³-hybridized carbons (Fsp3) is 0.378. The van der Waals surface area contributed by atoms with Gasteiger partial charge in [-0.15, -0.1) is 0 Å². The maximum atomic E-state index is 11.6. The van der Waals surface area contributed by atoms with Crippen LogP contribution in [0, 0.1) is 0 Å². The molecule has 1 unspecified atom stereocenters. The van der Waals surface area contributed by atoms with Gasteiger partial charge >= 0.3 is 0 Å². The summed E-state index contributed by atoms with van der Waals surface area (Å²) >= 11 is 0. The van der Waals surface area contributed by atoms with Gasteiger partial charge in [0, 0.05) is 39.9 Å². The lowest BCUT2D eigenvalue weighted by molar-refractivity contribution is -0.106. The number of hydrogen-bond acceptors (Lipinski definition) is 7. The molecule has 0 saturated heterocycles. The Morgan fingerprint density at radius 2 is 1.50 bits per heavy atom.